The fourth-order valence-electron chi connectivity index (χ4n) is 2.46. The first-order valence-corrected chi connectivity index (χ1v) is 6.73. The van der Waals surface area contributed by atoms with E-state index in [2.05, 4.69) is 4.85 Å². The highest BCUT2D eigenvalue weighted by molar-refractivity contribution is 5.70. The number of carbonyl (C=O) groups excluding carboxylic acids is 1. The van der Waals surface area contributed by atoms with E-state index in [4.69, 9.17) is 11.3 Å². The van der Waals surface area contributed by atoms with Crippen LogP contribution in [0.1, 0.15) is 26.3 Å². The summed E-state index contributed by atoms with van der Waals surface area (Å²) in [5, 5.41) is 0. The fraction of sp³-hybridized carbons (Fsp3) is 0.500. The number of benzene rings is 1. The van der Waals surface area contributed by atoms with Crippen LogP contribution in [0.2, 0.25) is 0 Å². The summed E-state index contributed by atoms with van der Waals surface area (Å²) < 4.78 is 5.36. The zero-order valence-corrected chi connectivity index (χ0v) is 12.2. The Kier molecular flexibility index (Phi) is 3.71. The largest absolute Gasteiger partial charge is 0.444 e. The smallest absolute Gasteiger partial charge is 0.410 e. The molecular formula is C16H20N2O2. The molecule has 2 rings (SSSR count). The minimum atomic E-state index is -0.484. The van der Waals surface area contributed by atoms with Crippen LogP contribution < -0.4 is 0 Å². The third-order valence-electron chi connectivity index (χ3n) is 3.41. The van der Waals surface area contributed by atoms with Crippen LogP contribution >= 0.6 is 0 Å². The average molecular weight is 272 g/mol. The van der Waals surface area contributed by atoms with Gasteiger partial charge in [0.15, 0.2) is 0 Å². The van der Waals surface area contributed by atoms with Gasteiger partial charge in [0.1, 0.15) is 11.0 Å². The maximum Gasteiger partial charge on any atom is 0.410 e. The summed E-state index contributed by atoms with van der Waals surface area (Å²) in [7, 11) is 0. The van der Waals surface area contributed by atoms with Crippen molar-refractivity contribution in [3.63, 3.8) is 0 Å². The van der Waals surface area contributed by atoms with Crippen molar-refractivity contribution in [1.82, 2.24) is 4.90 Å². The number of nitrogens with zero attached hydrogens (tertiary/aromatic N) is 2. The van der Waals surface area contributed by atoms with Crippen LogP contribution in [0.3, 0.4) is 0 Å². The number of rotatable bonds is 2. The summed E-state index contributed by atoms with van der Waals surface area (Å²) in [6.45, 7) is 14.2. The van der Waals surface area contributed by atoms with Gasteiger partial charge in [0, 0.05) is 13.1 Å². The van der Waals surface area contributed by atoms with Crippen molar-refractivity contribution in [3.05, 3.63) is 47.3 Å². The highest BCUT2D eigenvalue weighted by Gasteiger charge is 2.50. The van der Waals surface area contributed by atoms with Crippen LogP contribution in [0.5, 0.6) is 0 Å². The number of hydrogen-bond acceptors (Lipinski definition) is 2. The highest BCUT2D eigenvalue weighted by atomic mass is 16.6. The van der Waals surface area contributed by atoms with E-state index in [1.807, 2.05) is 51.1 Å². The van der Waals surface area contributed by atoms with Crippen LogP contribution in [0, 0.1) is 6.57 Å². The summed E-state index contributed by atoms with van der Waals surface area (Å²) in [6, 6.07) is 9.95. The van der Waals surface area contributed by atoms with E-state index in [0.717, 1.165) is 5.56 Å². The summed E-state index contributed by atoms with van der Waals surface area (Å²) in [6.07, 6.45) is -0.297. The van der Waals surface area contributed by atoms with Crippen molar-refractivity contribution in [3.8, 4) is 0 Å². The van der Waals surface area contributed by atoms with E-state index < -0.39 is 5.60 Å². The third-order valence-corrected chi connectivity index (χ3v) is 3.41. The van der Waals surface area contributed by atoms with Gasteiger partial charge in [-0.1, -0.05) is 30.3 Å². The Morgan fingerprint density at radius 2 is 1.95 bits per heavy atom. The molecule has 0 aromatic heterocycles. The molecule has 0 aliphatic carbocycles. The molecule has 4 nitrogen and oxygen atoms in total. The second-order valence-corrected chi connectivity index (χ2v) is 6.30. The number of likely N-dealkylation sites (tertiary alicyclic amines) is 1. The molecule has 1 heterocycles. The van der Waals surface area contributed by atoms with Crippen LogP contribution in [0.15, 0.2) is 30.3 Å². The molecule has 1 aromatic carbocycles. The summed E-state index contributed by atoms with van der Waals surface area (Å²) in [5.41, 5.74) is 0.401. The Labute approximate surface area is 120 Å². The van der Waals surface area contributed by atoms with E-state index in [-0.39, 0.29) is 11.5 Å². The molecule has 1 aliphatic rings. The normalized spacial score (nSPS) is 17.0. The molecule has 1 saturated heterocycles. The van der Waals surface area contributed by atoms with E-state index in [0.29, 0.717) is 19.6 Å². The quantitative estimate of drug-likeness (QED) is 0.775. The van der Waals surface area contributed by atoms with Gasteiger partial charge in [0.2, 0.25) is 6.54 Å². The summed E-state index contributed by atoms with van der Waals surface area (Å²) in [4.78, 5) is 17.2. The van der Waals surface area contributed by atoms with Gasteiger partial charge < -0.3 is 14.5 Å². The van der Waals surface area contributed by atoms with Crippen molar-refractivity contribution in [2.24, 2.45) is 0 Å². The van der Waals surface area contributed by atoms with Gasteiger partial charge in [0.25, 0.3) is 0 Å². The maximum atomic E-state index is 12.0. The van der Waals surface area contributed by atoms with E-state index in [1.165, 1.54) is 0 Å². The van der Waals surface area contributed by atoms with E-state index in [9.17, 15) is 4.79 Å². The molecule has 0 N–H and O–H groups in total. The highest BCUT2D eigenvalue weighted by Crippen LogP contribution is 2.35. The molecule has 1 aromatic rings. The lowest BCUT2D eigenvalue weighted by atomic mass is 9.74. The minimum Gasteiger partial charge on any atom is -0.444 e. The lowest BCUT2D eigenvalue weighted by Crippen LogP contribution is -2.63. The Balaban J connectivity index is 2.07. The molecular weight excluding hydrogens is 252 g/mol. The molecule has 0 atom stereocenters. The lowest BCUT2D eigenvalue weighted by Gasteiger charge is -2.47. The fourth-order valence-corrected chi connectivity index (χ4v) is 2.46. The van der Waals surface area contributed by atoms with Gasteiger partial charge >= 0.3 is 6.09 Å². The molecule has 0 saturated carbocycles. The zero-order chi connectivity index (χ0) is 14.8. The Morgan fingerprint density at radius 3 is 2.45 bits per heavy atom. The van der Waals surface area contributed by atoms with Gasteiger partial charge in [-0.15, -0.1) is 0 Å². The van der Waals surface area contributed by atoms with E-state index in [1.54, 1.807) is 4.90 Å². The standard InChI is InChI=1S/C16H20N2O2/c1-15(2,3)20-14(19)18-11-16(12-18,10-17-4)13-8-6-5-7-9-13/h5-9H,10-12H2,1-3H3. The van der Waals surface area contributed by atoms with Crippen molar-refractivity contribution < 1.29 is 9.53 Å². The van der Waals surface area contributed by atoms with Crippen LogP contribution in [0.4, 0.5) is 4.79 Å². The van der Waals surface area contributed by atoms with Gasteiger partial charge in [-0.2, -0.15) is 0 Å². The van der Waals surface area contributed by atoms with Crippen LogP contribution in [0.25, 0.3) is 4.85 Å². The average Bonchev–Trinajstić information content (AvgIpc) is 2.32. The van der Waals surface area contributed by atoms with Gasteiger partial charge in [0.05, 0.1) is 0 Å². The van der Waals surface area contributed by atoms with Crippen molar-refractivity contribution in [2.45, 2.75) is 31.8 Å². The topological polar surface area (TPSA) is 33.9 Å². The first kappa shape index (κ1) is 14.4. The van der Waals surface area contributed by atoms with Crippen molar-refractivity contribution in [2.75, 3.05) is 19.6 Å². The van der Waals surface area contributed by atoms with Crippen molar-refractivity contribution in [1.29, 1.82) is 0 Å². The van der Waals surface area contributed by atoms with E-state index >= 15 is 0 Å². The lowest BCUT2D eigenvalue weighted by molar-refractivity contribution is -0.00695. The second-order valence-electron chi connectivity index (χ2n) is 6.30. The van der Waals surface area contributed by atoms with Crippen LogP contribution in [-0.4, -0.2) is 36.2 Å². The zero-order valence-electron chi connectivity index (χ0n) is 12.2. The molecule has 20 heavy (non-hydrogen) atoms. The Hall–Kier alpha value is -2.02. The molecule has 4 heteroatoms. The number of amides is 1. The molecule has 0 spiro atoms. The Bertz CT molecular complexity index is 520. The number of ether oxygens (including phenoxy) is 1. The second kappa shape index (κ2) is 5.16. The number of hydrogen-bond donors (Lipinski definition) is 0. The minimum absolute atomic E-state index is 0.236. The molecule has 1 fully saturated rings. The Morgan fingerprint density at radius 1 is 1.35 bits per heavy atom. The third kappa shape index (κ3) is 2.93. The molecule has 106 valence electrons. The monoisotopic (exact) mass is 272 g/mol. The molecule has 0 radical (unpaired) electrons. The summed E-state index contributed by atoms with van der Waals surface area (Å²) >= 11 is 0. The molecule has 0 unspecified atom stereocenters. The SMILES string of the molecule is [C-]#[N+]CC1(c2ccccc2)CN(C(=O)OC(C)(C)C)C1. The van der Waals surface area contributed by atoms with Gasteiger partial charge in [-0.3, -0.25) is 0 Å². The van der Waals surface area contributed by atoms with Crippen LogP contribution in [-0.2, 0) is 10.2 Å². The molecule has 0 bridgehead atoms. The molecule has 1 amide bonds. The first-order valence-electron chi connectivity index (χ1n) is 6.73. The predicted molar refractivity (Wildman–Crippen MR) is 77.4 cm³/mol. The van der Waals surface area contributed by atoms with Crippen molar-refractivity contribution >= 4 is 6.09 Å². The maximum absolute atomic E-state index is 12.0. The summed E-state index contributed by atoms with van der Waals surface area (Å²) in [5.74, 6) is 0. The predicted octanol–water partition coefficient (Wildman–Crippen LogP) is 3.09. The van der Waals surface area contributed by atoms with Gasteiger partial charge in [-0.05, 0) is 26.3 Å². The first-order chi connectivity index (χ1) is 9.36. The molecule has 1 aliphatic heterocycles. The van der Waals surface area contributed by atoms with Gasteiger partial charge in [-0.25, -0.2) is 11.4 Å². The number of carbonyl (C=O) groups is 1.